The molecule has 0 radical (unpaired) electrons. The first-order valence-electron chi connectivity index (χ1n) is 9.98. The minimum atomic E-state index is 0.0679. The van der Waals surface area contributed by atoms with Gasteiger partial charge in [0.25, 0.3) is 0 Å². The molecule has 8 heteroatoms. The zero-order chi connectivity index (χ0) is 19.8. The van der Waals surface area contributed by atoms with Gasteiger partial charge in [-0.15, -0.1) is 11.8 Å². The summed E-state index contributed by atoms with van der Waals surface area (Å²) in [7, 11) is 0. The summed E-state index contributed by atoms with van der Waals surface area (Å²) in [5.41, 5.74) is 0. The number of hydrogen-bond donors (Lipinski definition) is 1. The molecule has 1 N–H and O–H groups in total. The van der Waals surface area contributed by atoms with E-state index in [1.54, 1.807) is 11.8 Å². The number of thioether (sulfide) groups is 1. The number of carbonyl (C=O) groups excluding carboxylic acids is 2. The SMILES string of the molecule is O=C(CN1CCN(CC(=O)N2CCCC2)CC1)NCCSc1ccc(Cl)cc1. The Morgan fingerprint density at radius 2 is 1.54 bits per heavy atom. The molecular weight excluding hydrogens is 396 g/mol. The molecule has 0 aliphatic carbocycles. The van der Waals surface area contributed by atoms with E-state index < -0.39 is 0 Å². The number of amides is 2. The molecule has 0 bridgehead atoms. The topological polar surface area (TPSA) is 55.9 Å². The maximum atomic E-state index is 12.2. The van der Waals surface area contributed by atoms with Gasteiger partial charge in [0.2, 0.25) is 11.8 Å². The fraction of sp³-hybridized carbons (Fsp3) is 0.600. The molecule has 6 nitrogen and oxygen atoms in total. The number of piperazine rings is 1. The molecule has 0 aromatic heterocycles. The average Bonchev–Trinajstić information content (AvgIpc) is 3.23. The second-order valence-corrected chi connectivity index (χ2v) is 8.90. The van der Waals surface area contributed by atoms with E-state index >= 15 is 0 Å². The standard InChI is InChI=1S/C20H29ClN4O2S/c21-17-3-5-18(6-4-17)28-14-7-22-19(26)15-23-10-12-24(13-11-23)16-20(27)25-8-1-2-9-25/h3-6H,1-2,7-16H2,(H,22,26). The first-order valence-corrected chi connectivity index (χ1v) is 11.3. The highest BCUT2D eigenvalue weighted by Crippen LogP contribution is 2.19. The number of carbonyl (C=O) groups is 2. The maximum absolute atomic E-state index is 12.2. The summed E-state index contributed by atoms with van der Waals surface area (Å²) in [6, 6.07) is 7.73. The van der Waals surface area contributed by atoms with Crippen LogP contribution in [0.2, 0.25) is 5.02 Å². The Kier molecular flexibility index (Phi) is 8.45. The highest BCUT2D eigenvalue weighted by Gasteiger charge is 2.24. The molecule has 2 amide bonds. The van der Waals surface area contributed by atoms with Crippen molar-refractivity contribution in [3.05, 3.63) is 29.3 Å². The first-order chi connectivity index (χ1) is 13.6. The molecule has 3 rings (SSSR count). The fourth-order valence-electron chi connectivity index (χ4n) is 3.51. The Morgan fingerprint density at radius 1 is 0.929 bits per heavy atom. The maximum Gasteiger partial charge on any atom is 0.236 e. The van der Waals surface area contributed by atoms with Gasteiger partial charge in [-0.05, 0) is 37.1 Å². The van der Waals surface area contributed by atoms with Crippen LogP contribution in [0.5, 0.6) is 0 Å². The largest absolute Gasteiger partial charge is 0.354 e. The predicted molar refractivity (Wildman–Crippen MR) is 114 cm³/mol. The van der Waals surface area contributed by atoms with Crippen LogP contribution >= 0.6 is 23.4 Å². The van der Waals surface area contributed by atoms with Crippen molar-refractivity contribution in [2.24, 2.45) is 0 Å². The molecule has 2 heterocycles. The summed E-state index contributed by atoms with van der Waals surface area (Å²) in [4.78, 5) is 31.9. The minimum absolute atomic E-state index is 0.0679. The number of halogens is 1. The van der Waals surface area contributed by atoms with E-state index in [9.17, 15) is 9.59 Å². The normalized spacial score (nSPS) is 18.4. The molecule has 0 unspecified atom stereocenters. The fourth-order valence-corrected chi connectivity index (χ4v) is 4.41. The molecule has 0 atom stereocenters. The van der Waals surface area contributed by atoms with Crippen molar-refractivity contribution >= 4 is 35.2 Å². The van der Waals surface area contributed by atoms with Crippen molar-refractivity contribution in [2.45, 2.75) is 17.7 Å². The van der Waals surface area contributed by atoms with Gasteiger partial charge in [-0.3, -0.25) is 19.4 Å². The summed E-state index contributed by atoms with van der Waals surface area (Å²) in [6.07, 6.45) is 2.26. The van der Waals surface area contributed by atoms with Crippen molar-refractivity contribution in [3.8, 4) is 0 Å². The van der Waals surface area contributed by atoms with Crippen molar-refractivity contribution < 1.29 is 9.59 Å². The highest BCUT2D eigenvalue weighted by atomic mass is 35.5. The van der Waals surface area contributed by atoms with Crippen molar-refractivity contribution in [1.82, 2.24) is 20.0 Å². The molecule has 1 aromatic rings. The van der Waals surface area contributed by atoms with E-state index in [2.05, 4.69) is 15.1 Å². The summed E-state index contributed by atoms with van der Waals surface area (Å²) in [6.45, 7) is 6.78. The average molecular weight is 425 g/mol. The lowest BCUT2D eigenvalue weighted by atomic mass is 10.3. The van der Waals surface area contributed by atoms with E-state index in [4.69, 9.17) is 11.6 Å². The first kappa shape index (κ1) is 21.4. The van der Waals surface area contributed by atoms with Crippen molar-refractivity contribution in [1.29, 1.82) is 0 Å². The summed E-state index contributed by atoms with van der Waals surface area (Å²) >= 11 is 7.58. The summed E-state index contributed by atoms with van der Waals surface area (Å²) in [5, 5.41) is 3.72. The number of likely N-dealkylation sites (tertiary alicyclic amines) is 1. The molecule has 2 aliphatic rings. The van der Waals surface area contributed by atoms with Crippen LogP contribution in [-0.4, -0.2) is 91.2 Å². The van der Waals surface area contributed by atoms with Crippen LogP contribution in [0, 0.1) is 0 Å². The van der Waals surface area contributed by atoms with Gasteiger partial charge >= 0.3 is 0 Å². The molecule has 1 aromatic carbocycles. The summed E-state index contributed by atoms with van der Waals surface area (Å²) in [5.74, 6) is 1.15. The molecule has 2 fully saturated rings. The zero-order valence-electron chi connectivity index (χ0n) is 16.2. The van der Waals surface area contributed by atoms with Crippen LogP contribution in [0.3, 0.4) is 0 Å². The van der Waals surface area contributed by atoms with Crippen molar-refractivity contribution in [2.75, 3.05) is 64.7 Å². The van der Waals surface area contributed by atoms with Crippen LogP contribution in [0.1, 0.15) is 12.8 Å². The van der Waals surface area contributed by atoms with E-state index in [1.165, 1.54) is 0 Å². The minimum Gasteiger partial charge on any atom is -0.354 e. The molecule has 154 valence electrons. The molecule has 0 spiro atoms. The van der Waals surface area contributed by atoms with Gasteiger partial charge in [0.15, 0.2) is 0 Å². The number of benzene rings is 1. The second-order valence-electron chi connectivity index (χ2n) is 7.29. The lowest BCUT2D eigenvalue weighted by Crippen LogP contribution is -2.51. The van der Waals surface area contributed by atoms with Crippen LogP contribution < -0.4 is 5.32 Å². The number of hydrogen-bond acceptors (Lipinski definition) is 5. The van der Waals surface area contributed by atoms with Crippen LogP contribution in [0.4, 0.5) is 0 Å². The highest BCUT2D eigenvalue weighted by molar-refractivity contribution is 7.99. The lowest BCUT2D eigenvalue weighted by Gasteiger charge is -2.34. The predicted octanol–water partition coefficient (Wildman–Crippen LogP) is 1.79. The van der Waals surface area contributed by atoms with Crippen LogP contribution in [-0.2, 0) is 9.59 Å². The Bertz CT molecular complexity index is 644. The van der Waals surface area contributed by atoms with E-state index in [1.807, 2.05) is 29.2 Å². The van der Waals surface area contributed by atoms with Gasteiger partial charge in [0.05, 0.1) is 13.1 Å². The monoisotopic (exact) mass is 424 g/mol. The van der Waals surface area contributed by atoms with Gasteiger partial charge in [0, 0.05) is 61.5 Å². The Labute approximate surface area is 176 Å². The van der Waals surface area contributed by atoms with E-state index in [0.29, 0.717) is 19.6 Å². The molecule has 2 saturated heterocycles. The van der Waals surface area contributed by atoms with Crippen molar-refractivity contribution in [3.63, 3.8) is 0 Å². The van der Waals surface area contributed by atoms with E-state index in [-0.39, 0.29) is 11.8 Å². The van der Waals surface area contributed by atoms with Gasteiger partial charge in [0.1, 0.15) is 0 Å². The molecule has 2 aliphatic heterocycles. The van der Waals surface area contributed by atoms with Gasteiger partial charge in [-0.2, -0.15) is 0 Å². The quantitative estimate of drug-likeness (QED) is 0.509. The lowest BCUT2D eigenvalue weighted by molar-refractivity contribution is -0.132. The van der Waals surface area contributed by atoms with Gasteiger partial charge in [-0.25, -0.2) is 0 Å². The van der Waals surface area contributed by atoms with Crippen LogP contribution in [0.15, 0.2) is 29.2 Å². The van der Waals surface area contributed by atoms with Gasteiger partial charge in [-0.1, -0.05) is 11.6 Å². The third-order valence-electron chi connectivity index (χ3n) is 5.16. The molecular formula is C20H29ClN4O2S. The van der Waals surface area contributed by atoms with Gasteiger partial charge < -0.3 is 10.2 Å². The third kappa shape index (κ3) is 6.95. The Hall–Kier alpha value is -1.28. The second kappa shape index (κ2) is 11.0. The smallest absolute Gasteiger partial charge is 0.236 e. The molecule has 0 saturated carbocycles. The Morgan fingerprint density at radius 3 is 2.18 bits per heavy atom. The number of nitrogens with one attached hydrogen (secondary N) is 1. The van der Waals surface area contributed by atoms with E-state index in [0.717, 1.165) is 67.8 Å². The van der Waals surface area contributed by atoms with Crippen LogP contribution in [0.25, 0.3) is 0 Å². The molecule has 28 heavy (non-hydrogen) atoms. The number of nitrogens with zero attached hydrogens (tertiary/aromatic N) is 3. The zero-order valence-corrected chi connectivity index (χ0v) is 17.8. The third-order valence-corrected chi connectivity index (χ3v) is 6.42. The summed E-state index contributed by atoms with van der Waals surface area (Å²) < 4.78 is 0. The Balaban J connectivity index is 1.26. The number of rotatable bonds is 8.